The van der Waals surface area contributed by atoms with Crippen LogP contribution in [0, 0.1) is 0 Å². The van der Waals surface area contributed by atoms with Gasteiger partial charge in [0.15, 0.2) is 0 Å². The van der Waals surface area contributed by atoms with Gasteiger partial charge in [0.25, 0.3) is 0 Å². The van der Waals surface area contributed by atoms with Crippen LogP contribution in [-0.4, -0.2) is 11.1 Å². The van der Waals surface area contributed by atoms with Gasteiger partial charge in [-0.3, -0.25) is 4.79 Å². The van der Waals surface area contributed by atoms with Crippen molar-refractivity contribution in [3.05, 3.63) is 0 Å². The lowest BCUT2D eigenvalue weighted by Gasteiger charge is -2.02. The van der Waals surface area contributed by atoms with E-state index >= 15 is 0 Å². The van der Waals surface area contributed by atoms with Crippen LogP contribution in [0.25, 0.3) is 0 Å². The Kier molecular flexibility index (Phi) is 8.30. The number of carboxylic acids is 1. The van der Waals surface area contributed by atoms with Crippen molar-refractivity contribution in [3.63, 3.8) is 0 Å². The minimum Gasteiger partial charge on any atom is -0.481 e. The van der Waals surface area contributed by atoms with Gasteiger partial charge >= 0.3 is 5.97 Å². The van der Waals surface area contributed by atoms with Crippen molar-refractivity contribution in [3.8, 4) is 0 Å². The summed E-state index contributed by atoms with van der Waals surface area (Å²) in [7, 11) is 0. The first-order chi connectivity index (χ1) is 10.6. The molecule has 0 aromatic heterocycles. The topological polar surface area (TPSA) is 37.3 Å². The Morgan fingerprint density at radius 2 is 1.50 bits per heavy atom. The molecule has 1 N–H and O–H groups in total. The summed E-state index contributed by atoms with van der Waals surface area (Å²) in [5, 5.41) is 8.53. The maximum atomic E-state index is 10.4. The molecule has 18 heavy (non-hydrogen) atoms. The SMILES string of the molecule is [2H][C@@H](CCCCC)C([2H])([2H])C([2H])([2H])CCCCCCCC(=O)O. The Morgan fingerprint density at radius 3 is 2.17 bits per heavy atom. The first kappa shape index (κ1) is 10.3. The van der Waals surface area contributed by atoms with E-state index in [1.54, 1.807) is 0 Å². The van der Waals surface area contributed by atoms with Crippen LogP contribution in [0.5, 0.6) is 0 Å². The highest BCUT2D eigenvalue weighted by molar-refractivity contribution is 5.66. The second-order valence-electron chi connectivity index (χ2n) is 4.68. The Labute approximate surface area is 120 Å². The van der Waals surface area contributed by atoms with Gasteiger partial charge in [0.1, 0.15) is 0 Å². The number of hydrogen-bond acceptors (Lipinski definition) is 1. The highest BCUT2D eigenvalue weighted by atomic mass is 16.4. The van der Waals surface area contributed by atoms with Crippen LogP contribution < -0.4 is 0 Å². The summed E-state index contributed by atoms with van der Waals surface area (Å²) in [6, 6.07) is 0. The standard InChI is InChI=1S/C16H32O2/c1-2-3-4-5-6-7-8-9-10-11-12-13-14-15-16(17)18/h2-15H2,1H3,(H,17,18)/i6D,7D2,8D2/t6-/m0/s1. The third kappa shape index (κ3) is 15.5. The first-order valence-electron chi connectivity index (χ1n) is 9.87. The summed E-state index contributed by atoms with van der Waals surface area (Å²) in [4.78, 5) is 10.4. The summed E-state index contributed by atoms with van der Waals surface area (Å²) >= 11 is 0. The number of unbranched alkanes of at least 4 members (excludes halogenated alkanes) is 6. The minimum absolute atomic E-state index is 0.113. The summed E-state index contributed by atoms with van der Waals surface area (Å²) in [5.74, 6) is -0.793. The molecule has 0 aliphatic carbocycles. The molecule has 0 aromatic rings. The van der Waals surface area contributed by atoms with Crippen molar-refractivity contribution in [1.29, 1.82) is 0 Å². The van der Waals surface area contributed by atoms with Crippen LogP contribution >= 0.6 is 0 Å². The second-order valence-corrected chi connectivity index (χ2v) is 4.68. The highest BCUT2D eigenvalue weighted by Crippen LogP contribution is 2.12. The predicted octanol–water partition coefficient (Wildman–Crippen LogP) is 5.55. The molecule has 0 heterocycles. The van der Waals surface area contributed by atoms with Crippen LogP contribution in [0.15, 0.2) is 0 Å². The van der Waals surface area contributed by atoms with E-state index < -0.39 is 25.1 Å². The van der Waals surface area contributed by atoms with Gasteiger partial charge in [0, 0.05) is 13.3 Å². The van der Waals surface area contributed by atoms with Gasteiger partial charge < -0.3 is 5.11 Å². The van der Waals surface area contributed by atoms with E-state index in [1.807, 2.05) is 6.92 Å². The minimum atomic E-state index is -2.13. The van der Waals surface area contributed by atoms with E-state index in [0.29, 0.717) is 19.3 Å². The lowest BCUT2D eigenvalue weighted by atomic mass is 10.0. The number of aliphatic carboxylic acids is 1. The number of rotatable bonds is 14. The first-order valence-corrected chi connectivity index (χ1v) is 7.29. The van der Waals surface area contributed by atoms with Crippen LogP contribution in [0.1, 0.15) is 104 Å². The lowest BCUT2D eigenvalue weighted by Crippen LogP contribution is -1.93. The molecule has 2 nitrogen and oxygen atoms in total. The number of carboxylic acid groups (broad SMARTS) is 1. The van der Waals surface area contributed by atoms with Gasteiger partial charge in [-0.2, -0.15) is 0 Å². The maximum Gasteiger partial charge on any atom is 0.303 e. The van der Waals surface area contributed by atoms with Crippen molar-refractivity contribution in [2.75, 3.05) is 0 Å². The molecule has 0 saturated heterocycles. The molecule has 0 saturated carbocycles. The maximum absolute atomic E-state index is 10.4. The molecular formula is C16H32O2. The summed E-state index contributed by atoms with van der Waals surface area (Å²) in [6.45, 7) is 2.04. The molecule has 2 heteroatoms. The predicted molar refractivity (Wildman–Crippen MR) is 77.9 cm³/mol. The van der Waals surface area contributed by atoms with Gasteiger partial charge in [-0.15, -0.1) is 0 Å². The fourth-order valence-electron chi connectivity index (χ4n) is 1.73. The Balaban J connectivity index is 4.10. The third-order valence-corrected chi connectivity index (χ3v) is 2.85. The Morgan fingerprint density at radius 1 is 0.889 bits per heavy atom. The zero-order valence-electron chi connectivity index (χ0n) is 16.7. The molecule has 0 bridgehead atoms. The van der Waals surface area contributed by atoms with Crippen LogP contribution in [0.2, 0.25) is 0 Å². The average Bonchev–Trinajstić information content (AvgIpc) is 2.45. The third-order valence-electron chi connectivity index (χ3n) is 2.85. The monoisotopic (exact) mass is 261 g/mol. The van der Waals surface area contributed by atoms with Crippen molar-refractivity contribution in [1.82, 2.24) is 0 Å². The summed E-state index contributed by atoms with van der Waals surface area (Å²) in [6.07, 6.45) is 1.87. The van der Waals surface area contributed by atoms with E-state index in [1.165, 1.54) is 0 Å². The largest absolute Gasteiger partial charge is 0.481 e. The molecule has 108 valence electrons. The number of hydrogen-bond donors (Lipinski definition) is 1. The van der Waals surface area contributed by atoms with Gasteiger partial charge in [-0.05, 0) is 6.42 Å². The molecular weight excluding hydrogens is 224 g/mol. The van der Waals surface area contributed by atoms with Crippen molar-refractivity contribution in [2.24, 2.45) is 0 Å². The van der Waals surface area contributed by atoms with Gasteiger partial charge in [-0.1, -0.05) is 83.9 Å². The summed E-state index contributed by atoms with van der Waals surface area (Å²) in [5.41, 5.74) is 0. The van der Waals surface area contributed by atoms with Crippen LogP contribution in [0.3, 0.4) is 0 Å². The molecule has 0 rings (SSSR count). The second kappa shape index (κ2) is 14.5. The molecule has 0 fully saturated rings. The Bertz CT molecular complexity index is 334. The molecule has 0 spiro atoms. The van der Waals surface area contributed by atoms with Crippen molar-refractivity contribution >= 4 is 5.97 Å². The van der Waals surface area contributed by atoms with Crippen molar-refractivity contribution < 1.29 is 16.8 Å². The fourth-order valence-corrected chi connectivity index (χ4v) is 1.73. The molecule has 1 atom stereocenters. The van der Waals surface area contributed by atoms with Gasteiger partial charge in [0.2, 0.25) is 0 Å². The van der Waals surface area contributed by atoms with Crippen LogP contribution in [0.4, 0.5) is 0 Å². The molecule has 0 radical (unpaired) electrons. The lowest BCUT2D eigenvalue weighted by molar-refractivity contribution is -0.137. The van der Waals surface area contributed by atoms with E-state index in [0.717, 1.165) is 38.5 Å². The normalized spacial score (nSPS) is 18.2. The zero-order chi connectivity index (χ0) is 17.9. The van der Waals surface area contributed by atoms with Crippen molar-refractivity contribution in [2.45, 2.75) is 96.7 Å². The number of carbonyl (C=O) groups is 1. The fraction of sp³-hybridized carbons (Fsp3) is 0.938. The molecule has 0 unspecified atom stereocenters. The molecule has 0 aliphatic heterocycles. The van der Waals surface area contributed by atoms with E-state index in [4.69, 9.17) is 12.0 Å². The zero-order valence-corrected chi connectivity index (χ0v) is 11.7. The quantitative estimate of drug-likeness (QED) is 0.416. The average molecular weight is 261 g/mol. The molecule has 0 aromatic carbocycles. The summed E-state index contributed by atoms with van der Waals surface area (Å²) < 4.78 is 40.0. The van der Waals surface area contributed by atoms with E-state index in [-0.39, 0.29) is 12.8 Å². The van der Waals surface area contributed by atoms with Crippen LogP contribution in [-0.2, 0) is 4.79 Å². The molecule has 0 aliphatic rings. The van der Waals surface area contributed by atoms with E-state index in [9.17, 15) is 4.79 Å². The van der Waals surface area contributed by atoms with E-state index in [2.05, 4.69) is 0 Å². The van der Waals surface area contributed by atoms with Gasteiger partial charge in [-0.25, -0.2) is 0 Å². The molecule has 0 amide bonds. The van der Waals surface area contributed by atoms with Gasteiger partial charge in [0.05, 0.1) is 0 Å². The highest BCUT2D eigenvalue weighted by Gasteiger charge is 1.96. The Hall–Kier alpha value is -0.530. The smallest absolute Gasteiger partial charge is 0.303 e.